The number of aromatic hydroxyl groups is 1. The molecule has 144 valence electrons. The summed E-state index contributed by atoms with van der Waals surface area (Å²) >= 11 is 3.53. The van der Waals surface area contributed by atoms with Gasteiger partial charge in [-0.25, -0.2) is 0 Å². The van der Waals surface area contributed by atoms with E-state index in [1.54, 1.807) is 0 Å². The van der Waals surface area contributed by atoms with E-state index in [1.807, 2.05) is 0 Å². The Kier molecular flexibility index (Phi) is 6.21. The molecule has 0 saturated carbocycles. The predicted octanol–water partition coefficient (Wildman–Crippen LogP) is 5.03. The first-order chi connectivity index (χ1) is 13.1. The largest absolute Gasteiger partial charge is 0.497 e. The molecule has 0 aliphatic heterocycles. The number of rotatable bonds is 3. The van der Waals surface area contributed by atoms with E-state index in [-0.39, 0.29) is 0 Å². The first kappa shape index (κ1) is 20.7. The van der Waals surface area contributed by atoms with Crippen molar-refractivity contribution in [2.24, 2.45) is 0 Å². The van der Waals surface area contributed by atoms with Crippen LogP contribution in [-0.4, -0.2) is 19.9 Å². The van der Waals surface area contributed by atoms with Crippen molar-refractivity contribution >= 4 is 43.8 Å². The maximum Gasteiger partial charge on any atom is 0.324 e. The normalized spacial score (nSPS) is 10.1. The van der Waals surface area contributed by atoms with Crippen molar-refractivity contribution in [3.8, 4) is 5.75 Å². The monoisotopic (exact) mass is 449 g/mol. The predicted molar refractivity (Wildman–Crippen MR) is 104 cm³/mol. The van der Waals surface area contributed by atoms with Gasteiger partial charge in [-0.1, -0.05) is 46.3 Å². The molecule has 10 nitrogen and oxygen atoms in total. The van der Waals surface area contributed by atoms with Gasteiger partial charge >= 0.3 is 11.4 Å². The number of phenols is 1. The van der Waals surface area contributed by atoms with Crippen LogP contribution in [0.1, 0.15) is 5.56 Å². The highest BCUT2D eigenvalue weighted by Crippen LogP contribution is 2.38. The summed E-state index contributed by atoms with van der Waals surface area (Å²) in [6.07, 6.45) is 0. The fraction of sp³-hybridized carbons (Fsp3) is 0.0588. The lowest BCUT2D eigenvalue weighted by molar-refractivity contribution is -0.404. The van der Waals surface area contributed by atoms with Crippen molar-refractivity contribution in [3.05, 3.63) is 88.9 Å². The van der Waals surface area contributed by atoms with Crippen molar-refractivity contribution in [3.63, 3.8) is 0 Å². The smallest absolute Gasteiger partial charge is 0.324 e. The van der Waals surface area contributed by atoms with Gasteiger partial charge in [0.05, 0.1) is 26.9 Å². The SMILES string of the molecule is Cc1ccc(Br)c2ccccc12.O=[N+]([O-])c1cc([N+](=O)[O-])c(O)c([N+](=O)[O-])c1. The molecule has 0 aromatic heterocycles. The molecule has 0 fully saturated rings. The molecule has 1 N–H and O–H groups in total. The molecule has 3 aromatic rings. The molecule has 0 saturated heterocycles. The van der Waals surface area contributed by atoms with Gasteiger partial charge in [-0.05, 0) is 29.3 Å². The van der Waals surface area contributed by atoms with Crippen LogP contribution in [0.3, 0.4) is 0 Å². The third-order valence-corrected chi connectivity index (χ3v) is 4.44. The second kappa shape index (κ2) is 8.39. The summed E-state index contributed by atoms with van der Waals surface area (Å²) < 4.78 is 1.17. The minimum absolute atomic E-state index is 0.447. The highest BCUT2D eigenvalue weighted by molar-refractivity contribution is 9.10. The Morgan fingerprint density at radius 1 is 0.821 bits per heavy atom. The minimum Gasteiger partial charge on any atom is -0.497 e. The number of phenolic OH excluding ortho intramolecular Hbond substituents is 1. The number of benzene rings is 3. The zero-order valence-electron chi connectivity index (χ0n) is 14.2. The highest BCUT2D eigenvalue weighted by atomic mass is 79.9. The summed E-state index contributed by atoms with van der Waals surface area (Å²) in [6.45, 7) is 2.13. The van der Waals surface area contributed by atoms with Crippen molar-refractivity contribution in [1.82, 2.24) is 0 Å². The van der Waals surface area contributed by atoms with Crippen molar-refractivity contribution in [1.29, 1.82) is 0 Å². The summed E-state index contributed by atoms with van der Waals surface area (Å²) in [5, 5.41) is 42.8. The summed E-state index contributed by atoms with van der Waals surface area (Å²) in [5.74, 6) is -1.21. The van der Waals surface area contributed by atoms with Crippen molar-refractivity contribution < 1.29 is 19.9 Å². The second-order valence-electron chi connectivity index (χ2n) is 5.51. The number of nitrogens with zero attached hydrogens (tertiary/aromatic N) is 3. The van der Waals surface area contributed by atoms with E-state index in [1.165, 1.54) is 20.8 Å². The van der Waals surface area contributed by atoms with Crippen molar-refractivity contribution in [2.75, 3.05) is 0 Å². The van der Waals surface area contributed by atoms with E-state index in [4.69, 9.17) is 5.11 Å². The average molecular weight is 450 g/mol. The molecular weight excluding hydrogens is 438 g/mol. The van der Waals surface area contributed by atoms with Gasteiger partial charge in [-0.2, -0.15) is 0 Å². The maximum atomic E-state index is 10.4. The molecule has 0 amide bonds. The number of non-ortho nitro benzene ring substituents is 1. The van der Waals surface area contributed by atoms with Crippen LogP contribution in [-0.2, 0) is 0 Å². The van der Waals surface area contributed by atoms with Crippen LogP contribution in [0, 0.1) is 37.3 Å². The third kappa shape index (κ3) is 4.38. The van der Waals surface area contributed by atoms with Gasteiger partial charge in [0.25, 0.3) is 11.4 Å². The van der Waals surface area contributed by atoms with E-state index in [0.29, 0.717) is 12.1 Å². The number of fused-ring (bicyclic) bond motifs is 1. The van der Waals surface area contributed by atoms with Gasteiger partial charge in [0.2, 0.25) is 0 Å². The third-order valence-electron chi connectivity index (χ3n) is 3.75. The minimum atomic E-state index is -1.21. The Morgan fingerprint density at radius 2 is 1.32 bits per heavy atom. The first-order valence-electron chi connectivity index (χ1n) is 7.57. The number of hydrogen-bond donors (Lipinski definition) is 1. The van der Waals surface area contributed by atoms with Gasteiger partial charge in [0.15, 0.2) is 0 Å². The average Bonchev–Trinajstić information content (AvgIpc) is 2.65. The van der Waals surface area contributed by atoms with Crippen LogP contribution in [0.4, 0.5) is 17.1 Å². The van der Waals surface area contributed by atoms with Gasteiger partial charge in [0.1, 0.15) is 0 Å². The quantitative estimate of drug-likeness (QED) is 0.434. The Bertz CT molecular complexity index is 1030. The lowest BCUT2D eigenvalue weighted by Crippen LogP contribution is -1.97. The summed E-state index contributed by atoms with van der Waals surface area (Å²) in [6, 6.07) is 13.5. The van der Waals surface area contributed by atoms with Gasteiger partial charge in [-0.3, -0.25) is 30.3 Å². The van der Waals surface area contributed by atoms with Gasteiger partial charge in [0, 0.05) is 4.47 Å². The molecule has 0 atom stereocenters. The summed E-state index contributed by atoms with van der Waals surface area (Å²) in [4.78, 5) is 27.8. The Labute approximate surface area is 165 Å². The maximum absolute atomic E-state index is 10.4. The Hall–Kier alpha value is -3.60. The van der Waals surface area contributed by atoms with E-state index in [0.717, 1.165) is 0 Å². The lowest BCUT2D eigenvalue weighted by atomic mass is 10.1. The first-order valence-corrected chi connectivity index (χ1v) is 8.36. The standard InChI is InChI=1S/C11H9Br.C6H3N3O7/c1-8-6-7-11(12)10-5-3-2-4-9(8)10;10-6-4(8(13)14)1-3(7(11)12)2-5(6)9(15)16/h2-7H,1H3;1-2,10H. The van der Waals surface area contributed by atoms with E-state index < -0.39 is 37.6 Å². The van der Waals surface area contributed by atoms with Crippen LogP contribution in [0.25, 0.3) is 10.8 Å². The van der Waals surface area contributed by atoms with Crippen LogP contribution >= 0.6 is 15.9 Å². The lowest BCUT2D eigenvalue weighted by Gasteiger charge is -2.02. The molecule has 11 heteroatoms. The van der Waals surface area contributed by atoms with Crippen LogP contribution in [0.2, 0.25) is 0 Å². The Morgan fingerprint density at radius 3 is 1.75 bits per heavy atom. The van der Waals surface area contributed by atoms with Crippen LogP contribution < -0.4 is 0 Å². The van der Waals surface area contributed by atoms with Crippen LogP contribution in [0.5, 0.6) is 5.75 Å². The number of hydrogen-bond acceptors (Lipinski definition) is 7. The zero-order valence-corrected chi connectivity index (χ0v) is 15.8. The van der Waals surface area contributed by atoms with Crippen LogP contribution in [0.15, 0.2) is 53.0 Å². The molecule has 0 unspecified atom stereocenters. The van der Waals surface area contributed by atoms with E-state index in [9.17, 15) is 30.3 Å². The molecule has 0 heterocycles. The summed E-state index contributed by atoms with van der Waals surface area (Å²) in [7, 11) is 0. The highest BCUT2D eigenvalue weighted by Gasteiger charge is 2.30. The molecule has 0 bridgehead atoms. The number of aryl methyl sites for hydroxylation is 1. The molecule has 0 aliphatic carbocycles. The van der Waals surface area contributed by atoms with Crippen molar-refractivity contribution in [2.45, 2.75) is 6.92 Å². The second-order valence-corrected chi connectivity index (χ2v) is 6.37. The number of nitro groups is 3. The van der Waals surface area contributed by atoms with Gasteiger partial charge < -0.3 is 5.11 Å². The van der Waals surface area contributed by atoms with E-state index >= 15 is 0 Å². The fourth-order valence-corrected chi connectivity index (χ4v) is 2.86. The zero-order chi connectivity index (χ0) is 21.0. The number of nitro benzene ring substituents is 3. The molecule has 28 heavy (non-hydrogen) atoms. The molecule has 0 aliphatic rings. The molecule has 0 spiro atoms. The topological polar surface area (TPSA) is 150 Å². The molecule has 3 rings (SSSR count). The molecule has 3 aromatic carbocycles. The fourth-order valence-electron chi connectivity index (χ4n) is 2.39. The molecule has 0 radical (unpaired) electrons. The Balaban J connectivity index is 0.000000207. The summed E-state index contributed by atoms with van der Waals surface area (Å²) in [5.41, 5.74) is -1.67. The molecular formula is C17H12BrN3O7. The van der Waals surface area contributed by atoms with E-state index in [2.05, 4.69) is 59.3 Å². The number of halogens is 1. The van der Waals surface area contributed by atoms with Gasteiger partial charge in [-0.15, -0.1) is 0 Å².